The molecule has 1 aromatic carbocycles. The lowest BCUT2D eigenvalue weighted by molar-refractivity contribution is -0.520. The second kappa shape index (κ2) is 5.42. The lowest BCUT2D eigenvalue weighted by atomic mass is 10.2. The van der Waals surface area contributed by atoms with Gasteiger partial charge in [-0.25, -0.2) is 14.2 Å². The highest BCUT2D eigenvalue weighted by Gasteiger charge is 2.40. The Labute approximate surface area is 110 Å². The second-order valence-corrected chi connectivity index (χ2v) is 4.79. The van der Waals surface area contributed by atoms with Crippen LogP contribution in [0.2, 0.25) is 0 Å². The first kappa shape index (κ1) is 12.8. The number of halogens is 1. The molecule has 1 saturated carbocycles. The average Bonchev–Trinajstić information content (AvgIpc) is 2.85. The Hall–Kier alpha value is -1.21. The Balaban J connectivity index is 1.63. The number of anilines is 1. The zero-order valence-electron chi connectivity index (χ0n) is 10.5. The van der Waals surface area contributed by atoms with Crippen LogP contribution in [-0.2, 0) is 19.6 Å². The van der Waals surface area contributed by atoms with Gasteiger partial charge < -0.3 is 4.90 Å². The van der Waals surface area contributed by atoms with Gasteiger partial charge in [0.25, 0.3) is 0 Å². The zero-order chi connectivity index (χ0) is 13.1. The molecule has 0 N–H and O–H groups in total. The van der Waals surface area contributed by atoms with Crippen molar-refractivity contribution in [3.63, 3.8) is 0 Å². The predicted octanol–water partition coefficient (Wildman–Crippen LogP) is 2.73. The highest BCUT2D eigenvalue weighted by atomic mass is 19.1. The van der Waals surface area contributed by atoms with Crippen molar-refractivity contribution >= 4 is 5.69 Å². The van der Waals surface area contributed by atoms with Gasteiger partial charge in [0.15, 0.2) is 13.5 Å². The fourth-order valence-corrected chi connectivity index (χ4v) is 2.33. The topological polar surface area (TPSA) is 40.2 Å². The summed E-state index contributed by atoms with van der Waals surface area (Å²) in [7, 11) is 0. The molecule has 0 aromatic heterocycles. The van der Waals surface area contributed by atoms with Crippen molar-refractivity contribution in [3.05, 3.63) is 30.1 Å². The molecule has 0 radical (unpaired) electrons. The lowest BCUT2D eigenvalue weighted by Crippen LogP contribution is -2.41. The molecule has 6 heteroatoms. The third-order valence-corrected chi connectivity index (χ3v) is 3.40. The summed E-state index contributed by atoms with van der Waals surface area (Å²) in [6.45, 7) is 0.410. The van der Waals surface area contributed by atoms with E-state index in [1.165, 1.54) is 12.1 Å². The van der Waals surface area contributed by atoms with Crippen molar-refractivity contribution in [2.75, 3.05) is 18.4 Å². The number of benzene rings is 1. The summed E-state index contributed by atoms with van der Waals surface area (Å²) in [6, 6.07) is 6.06. The average molecular weight is 269 g/mol. The molecule has 1 aromatic rings. The zero-order valence-corrected chi connectivity index (χ0v) is 10.5. The number of nitrogens with zero attached hydrogens (tertiary/aromatic N) is 1. The van der Waals surface area contributed by atoms with Crippen molar-refractivity contribution < 1.29 is 23.9 Å². The maximum Gasteiger partial charge on any atom is 0.234 e. The fourth-order valence-electron chi connectivity index (χ4n) is 2.33. The van der Waals surface area contributed by atoms with Crippen LogP contribution in [0.1, 0.15) is 25.7 Å². The van der Waals surface area contributed by atoms with Crippen LogP contribution >= 0.6 is 0 Å². The molecule has 0 bridgehead atoms. The van der Waals surface area contributed by atoms with Gasteiger partial charge in [0.2, 0.25) is 5.79 Å². The van der Waals surface area contributed by atoms with Crippen LogP contribution in [0.3, 0.4) is 0 Å². The molecule has 1 aliphatic carbocycles. The molecule has 1 spiro atoms. The normalized spacial score (nSPS) is 23.3. The Morgan fingerprint density at radius 3 is 2.11 bits per heavy atom. The van der Waals surface area contributed by atoms with Crippen LogP contribution < -0.4 is 4.90 Å². The van der Waals surface area contributed by atoms with Crippen molar-refractivity contribution in [2.45, 2.75) is 31.5 Å². The third kappa shape index (κ3) is 2.87. The van der Waals surface area contributed by atoms with E-state index in [1.54, 1.807) is 17.0 Å². The summed E-state index contributed by atoms with van der Waals surface area (Å²) in [6.07, 6.45) is 3.61. The van der Waals surface area contributed by atoms with E-state index in [0.717, 1.165) is 31.4 Å². The van der Waals surface area contributed by atoms with Gasteiger partial charge in [-0.2, -0.15) is 9.78 Å². The van der Waals surface area contributed by atoms with Crippen LogP contribution in [-0.4, -0.2) is 19.2 Å². The molecule has 1 aliphatic heterocycles. The smallest absolute Gasteiger partial charge is 0.234 e. The standard InChI is InChI=1S/C13H16FNO4/c14-11-3-5-12(6-4-11)15-9-16-18-13(19-17-10-15)7-1-2-8-13/h3-6H,1-2,7-10H2. The van der Waals surface area contributed by atoms with E-state index in [-0.39, 0.29) is 19.3 Å². The molecular weight excluding hydrogens is 253 g/mol. The van der Waals surface area contributed by atoms with Crippen LogP contribution in [0.5, 0.6) is 0 Å². The summed E-state index contributed by atoms with van der Waals surface area (Å²) < 4.78 is 12.9. The van der Waals surface area contributed by atoms with Crippen LogP contribution in [0, 0.1) is 5.82 Å². The quantitative estimate of drug-likeness (QED) is 0.733. The van der Waals surface area contributed by atoms with Gasteiger partial charge in [-0.05, 0) is 37.1 Å². The highest BCUT2D eigenvalue weighted by Crippen LogP contribution is 2.35. The summed E-state index contributed by atoms with van der Waals surface area (Å²) in [5.74, 6) is -1.04. The Morgan fingerprint density at radius 1 is 0.947 bits per heavy atom. The van der Waals surface area contributed by atoms with Gasteiger partial charge in [0.05, 0.1) is 0 Å². The van der Waals surface area contributed by atoms with Gasteiger partial charge in [-0.15, -0.1) is 0 Å². The summed E-state index contributed by atoms with van der Waals surface area (Å²) in [4.78, 5) is 22.9. The molecule has 1 saturated heterocycles. The SMILES string of the molecule is Fc1ccc(N2COOC3(CCCC3)OOC2)cc1. The maximum absolute atomic E-state index is 12.9. The first-order chi connectivity index (χ1) is 9.27. The minimum absolute atomic E-state index is 0.205. The van der Waals surface area contributed by atoms with E-state index in [0.29, 0.717) is 0 Å². The predicted molar refractivity (Wildman–Crippen MR) is 64.2 cm³/mol. The number of rotatable bonds is 1. The first-order valence-corrected chi connectivity index (χ1v) is 6.39. The molecular formula is C13H16FNO4. The van der Waals surface area contributed by atoms with E-state index in [1.807, 2.05) is 0 Å². The minimum Gasteiger partial charge on any atom is -0.320 e. The van der Waals surface area contributed by atoms with Gasteiger partial charge in [-0.1, -0.05) is 0 Å². The van der Waals surface area contributed by atoms with Crippen LogP contribution in [0.15, 0.2) is 24.3 Å². The number of hydrogen-bond donors (Lipinski definition) is 0. The molecule has 0 atom stereocenters. The highest BCUT2D eigenvalue weighted by molar-refractivity contribution is 5.45. The minimum atomic E-state index is -0.755. The van der Waals surface area contributed by atoms with Crippen LogP contribution in [0.4, 0.5) is 10.1 Å². The molecule has 2 fully saturated rings. The van der Waals surface area contributed by atoms with E-state index in [4.69, 9.17) is 19.6 Å². The molecule has 1 heterocycles. The Bertz CT molecular complexity index is 407. The molecule has 5 nitrogen and oxygen atoms in total. The maximum atomic E-state index is 12.9. The Morgan fingerprint density at radius 2 is 1.53 bits per heavy atom. The monoisotopic (exact) mass is 269 g/mol. The second-order valence-electron chi connectivity index (χ2n) is 4.79. The number of hydrogen-bond acceptors (Lipinski definition) is 5. The van der Waals surface area contributed by atoms with Gasteiger partial charge in [0, 0.05) is 18.5 Å². The van der Waals surface area contributed by atoms with Crippen molar-refractivity contribution in [1.29, 1.82) is 0 Å². The van der Waals surface area contributed by atoms with Crippen molar-refractivity contribution in [2.24, 2.45) is 0 Å². The molecule has 104 valence electrons. The van der Waals surface area contributed by atoms with E-state index < -0.39 is 5.79 Å². The van der Waals surface area contributed by atoms with E-state index in [9.17, 15) is 4.39 Å². The molecule has 0 unspecified atom stereocenters. The van der Waals surface area contributed by atoms with E-state index in [2.05, 4.69) is 0 Å². The summed E-state index contributed by atoms with van der Waals surface area (Å²) in [5.41, 5.74) is 0.774. The van der Waals surface area contributed by atoms with Gasteiger partial charge >= 0.3 is 0 Å². The summed E-state index contributed by atoms with van der Waals surface area (Å²) in [5, 5.41) is 0. The summed E-state index contributed by atoms with van der Waals surface area (Å²) >= 11 is 0. The molecule has 19 heavy (non-hydrogen) atoms. The van der Waals surface area contributed by atoms with Crippen molar-refractivity contribution in [3.8, 4) is 0 Å². The van der Waals surface area contributed by atoms with E-state index >= 15 is 0 Å². The largest absolute Gasteiger partial charge is 0.320 e. The Kier molecular flexibility index (Phi) is 3.65. The molecule has 0 amide bonds. The van der Waals surface area contributed by atoms with Gasteiger partial charge in [0.1, 0.15) is 5.82 Å². The first-order valence-electron chi connectivity index (χ1n) is 6.39. The molecule has 3 rings (SSSR count). The lowest BCUT2D eigenvalue weighted by Gasteiger charge is -2.32. The fraction of sp³-hybridized carbons (Fsp3) is 0.538. The van der Waals surface area contributed by atoms with Crippen LogP contribution in [0.25, 0.3) is 0 Å². The molecule has 2 aliphatic rings. The third-order valence-electron chi connectivity index (χ3n) is 3.40. The van der Waals surface area contributed by atoms with Crippen molar-refractivity contribution in [1.82, 2.24) is 0 Å². The van der Waals surface area contributed by atoms with Gasteiger partial charge in [-0.3, -0.25) is 0 Å².